The van der Waals surface area contributed by atoms with Crippen LogP contribution in [0.5, 0.6) is 0 Å². The van der Waals surface area contributed by atoms with Crippen molar-refractivity contribution in [3.8, 4) is 0 Å². The van der Waals surface area contributed by atoms with Crippen LogP contribution >= 0.6 is 0 Å². The summed E-state index contributed by atoms with van der Waals surface area (Å²) in [4.78, 5) is 2.25. The molecule has 4 rings (SSSR count). The average molecular weight is 457 g/mol. The Labute approximate surface area is 187 Å². The van der Waals surface area contributed by atoms with Crippen molar-refractivity contribution in [3.05, 3.63) is 107 Å². The minimum Gasteiger partial charge on any atom is -0.294 e. The van der Waals surface area contributed by atoms with Crippen LogP contribution in [-0.4, -0.2) is 32.2 Å². The summed E-state index contributed by atoms with van der Waals surface area (Å²) in [7, 11) is -3.70. The highest BCUT2D eigenvalue weighted by Crippen LogP contribution is 2.41. The van der Waals surface area contributed by atoms with Crippen LogP contribution in [0, 0.1) is 11.6 Å². The van der Waals surface area contributed by atoms with E-state index in [0.717, 1.165) is 31.2 Å². The minimum atomic E-state index is -3.70. The van der Waals surface area contributed by atoms with Gasteiger partial charge in [-0.3, -0.25) is 4.90 Å². The number of nitrogens with one attached hydrogen (secondary N) is 1. The van der Waals surface area contributed by atoms with Crippen molar-refractivity contribution in [1.82, 2.24) is 9.62 Å². The van der Waals surface area contributed by atoms with Crippen LogP contribution < -0.4 is 4.72 Å². The lowest BCUT2D eigenvalue weighted by atomic mass is 9.76. The van der Waals surface area contributed by atoms with Crippen LogP contribution in [0.4, 0.5) is 8.78 Å². The van der Waals surface area contributed by atoms with Gasteiger partial charge in [-0.2, -0.15) is 4.72 Å². The van der Waals surface area contributed by atoms with E-state index in [1.807, 2.05) is 30.3 Å². The molecule has 32 heavy (non-hydrogen) atoms. The largest absolute Gasteiger partial charge is 0.294 e. The third-order valence-electron chi connectivity index (χ3n) is 6.04. The van der Waals surface area contributed by atoms with Gasteiger partial charge in [0.1, 0.15) is 11.6 Å². The quantitative estimate of drug-likeness (QED) is 0.573. The monoisotopic (exact) mass is 456 g/mol. The van der Waals surface area contributed by atoms with Crippen LogP contribution in [0.25, 0.3) is 0 Å². The molecule has 7 heteroatoms. The molecule has 1 fully saturated rings. The second kappa shape index (κ2) is 9.10. The zero-order valence-electron chi connectivity index (χ0n) is 17.8. The molecule has 3 aromatic carbocycles. The summed E-state index contributed by atoms with van der Waals surface area (Å²) < 4.78 is 55.8. The molecule has 1 heterocycles. The Balaban J connectivity index is 1.90. The third kappa shape index (κ3) is 4.75. The highest BCUT2D eigenvalue weighted by molar-refractivity contribution is 7.88. The van der Waals surface area contributed by atoms with E-state index in [4.69, 9.17) is 0 Å². The van der Waals surface area contributed by atoms with Crippen LogP contribution in [0.15, 0.2) is 78.9 Å². The predicted octanol–water partition coefficient (Wildman–Crippen LogP) is 4.42. The number of rotatable bonds is 7. The number of likely N-dealkylation sites (tertiary alicyclic amines) is 1. The molecular weight excluding hydrogens is 430 g/mol. The standard InChI is InChI=1S/C25H26F2N2O2S/c1-32(30,31)28-25(20-9-13-22(26)14-10-20,21-11-15-23(27)16-12-21)24-8-5-17-29(24)18-19-6-3-2-4-7-19/h2-4,6-7,9-16,24,28H,5,8,17-18H2,1H3/t24-/m0/s1. The first-order valence-electron chi connectivity index (χ1n) is 10.6. The molecule has 1 aliphatic rings. The Kier molecular flexibility index (Phi) is 6.42. The first-order chi connectivity index (χ1) is 15.3. The van der Waals surface area contributed by atoms with Gasteiger partial charge in [-0.25, -0.2) is 17.2 Å². The molecule has 0 unspecified atom stereocenters. The summed E-state index contributed by atoms with van der Waals surface area (Å²) in [5.41, 5.74) is 1.13. The molecule has 168 valence electrons. The maximum Gasteiger partial charge on any atom is 0.209 e. The Morgan fingerprint density at radius 2 is 1.44 bits per heavy atom. The van der Waals surface area contributed by atoms with E-state index in [0.29, 0.717) is 17.7 Å². The van der Waals surface area contributed by atoms with Crippen molar-refractivity contribution >= 4 is 10.0 Å². The molecule has 1 atom stereocenters. The van der Waals surface area contributed by atoms with Gasteiger partial charge in [-0.1, -0.05) is 54.6 Å². The highest BCUT2D eigenvalue weighted by Gasteiger charge is 2.48. The maximum atomic E-state index is 13.8. The Morgan fingerprint density at radius 3 is 1.94 bits per heavy atom. The molecule has 3 aromatic rings. The van der Waals surface area contributed by atoms with Gasteiger partial charge in [0.25, 0.3) is 0 Å². The number of halogens is 2. The van der Waals surface area contributed by atoms with Gasteiger partial charge in [0.2, 0.25) is 10.0 Å². The van der Waals surface area contributed by atoms with E-state index in [9.17, 15) is 17.2 Å². The van der Waals surface area contributed by atoms with Crippen molar-refractivity contribution in [2.45, 2.75) is 31.0 Å². The van der Waals surface area contributed by atoms with Crippen molar-refractivity contribution in [2.24, 2.45) is 0 Å². The van der Waals surface area contributed by atoms with Gasteiger partial charge < -0.3 is 0 Å². The minimum absolute atomic E-state index is 0.256. The topological polar surface area (TPSA) is 49.4 Å². The second-order valence-corrected chi connectivity index (χ2v) is 10.1. The van der Waals surface area contributed by atoms with Crippen LogP contribution in [0.1, 0.15) is 29.5 Å². The lowest BCUT2D eigenvalue weighted by Gasteiger charge is -2.44. The fraction of sp³-hybridized carbons (Fsp3) is 0.280. The van der Waals surface area contributed by atoms with Gasteiger partial charge in [0, 0.05) is 12.6 Å². The summed E-state index contributed by atoms with van der Waals surface area (Å²) in [6.07, 6.45) is 2.72. The molecule has 0 amide bonds. The normalized spacial score (nSPS) is 17.5. The summed E-state index contributed by atoms with van der Waals surface area (Å²) in [6, 6.07) is 21.5. The Bertz CT molecular complexity index is 1110. The van der Waals surface area contributed by atoms with E-state index in [1.54, 1.807) is 24.3 Å². The number of benzene rings is 3. The van der Waals surface area contributed by atoms with E-state index >= 15 is 0 Å². The molecule has 1 N–H and O–H groups in total. The summed E-state index contributed by atoms with van der Waals surface area (Å²) in [5.74, 6) is -0.817. The first-order valence-corrected chi connectivity index (χ1v) is 12.5. The molecule has 1 saturated heterocycles. The van der Waals surface area contributed by atoms with E-state index in [2.05, 4.69) is 9.62 Å². The number of hydrogen-bond donors (Lipinski definition) is 1. The molecule has 0 saturated carbocycles. The molecule has 0 aliphatic carbocycles. The van der Waals surface area contributed by atoms with Crippen molar-refractivity contribution in [2.75, 3.05) is 12.8 Å². The van der Waals surface area contributed by atoms with Crippen molar-refractivity contribution in [1.29, 1.82) is 0 Å². The fourth-order valence-electron chi connectivity index (χ4n) is 4.78. The zero-order chi connectivity index (χ0) is 22.8. The van der Waals surface area contributed by atoms with Gasteiger partial charge in [-0.05, 0) is 60.3 Å². The second-order valence-electron chi connectivity index (χ2n) is 8.31. The summed E-state index contributed by atoms with van der Waals surface area (Å²) in [6.45, 7) is 1.43. The van der Waals surface area contributed by atoms with Crippen molar-refractivity contribution < 1.29 is 17.2 Å². The Morgan fingerprint density at radius 1 is 0.906 bits per heavy atom. The van der Waals surface area contributed by atoms with Crippen LogP contribution in [0.3, 0.4) is 0 Å². The molecule has 4 nitrogen and oxygen atoms in total. The highest BCUT2D eigenvalue weighted by atomic mass is 32.2. The van der Waals surface area contributed by atoms with Gasteiger partial charge in [0.15, 0.2) is 0 Å². The molecular formula is C25H26F2N2O2S. The van der Waals surface area contributed by atoms with Gasteiger partial charge in [-0.15, -0.1) is 0 Å². The smallest absolute Gasteiger partial charge is 0.209 e. The van der Waals surface area contributed by atoms with Gasteiger partial charge in [0.05, 0.1) is 11.8 Å². The fourth-order valence-corrected chi connectivity index (χ4v) is 5.74. The Hall–Kier alpha value is -2.61. The summed E-state index contributed by atoms with van der Waals surface area (Å²) in [5, 5.41) is 0. The number of hydrogen-bond acceptors (Lipinski definition) is 3. The molecule has 0 bridgehead atoms. The lowest BCUT2D eigenvalue weighted by molar-refractivity contribution is 0.166. The van der Waals surface area contributed by atoms with Crippen LogP contribution in [-0.2, 0) is 22.1 Å². The molecule has 0 radical (unpaired) electrons. The van der Waals surface area contributed by atoms with Crippen molar-refractivity contribution in [3.63, 3.8) is 0 Å². The first kappa shape index (κ1) is 22.6. The number of nitrogens with zero attached hydrogens (tertiary/aromatic N) is 1. The predicted molar refractivity (Wildman–Crippen MR) is 121 cm³/mol. The van der Waals surface area contributed by atoms with E-state index < -0.39 is 27.2 Å². The molecule has 1 aliphatic heterocycles. The third-order valence-corrected chi connectivity index (χ3v) is 6.73. The van der Waals surface area contributed by atoms with E-state index in [-0.39, 0.29) is 6.04 Å². The zero-order valence-corrected chi connectivity index (χ0v) is 18.7. The SMILES string of the molecule is CS(=O)(=O)NC(c1ccc(F)cc1)(c1ccc(F)cc1)[C@@H]1CCCN1Cc1ccccc1. The van der Waals surface area contributed by atoms with Crippen LogP contribution in [0.2, 0.25) is 0 Å². The maximum absolute atomic E-state index is 13.8. The molecule has 0 aromatic heterocycles. The average Bonchev–Trinajstić information content (AvgIpc) is 3.22. The lowest BCUT2D eigenvalue weighted by Crippen LogP contribution is -2.58. The van der Waals surface area contributed by atoms with Gasteiger partial charge >= 0.3 is 0 Å². The van der Waals surface area contributed by atoms with E-state index in [1.165, 1.54) is 24.3 Å². The molecule has 0 spiro atoms. The summed E-state index contributed by atoms with van der Waals surface area (Å²) >= 11 is 0. The number of sulfonamides is 1.